The summed E-state index contributed by atoms with van der Waals surface area (Å²) in [5.41, 5.74) is 3.19. The lowest BCUT2D eigenvalue weighted by Gasteiger charge is -2.29. The molecule has 1 aromatic carbocycles. The molecule has 1 aromatic rings. The van der Waals surface area contributed by atoms with E-state index in [1.807, 2.05) is 20.8 Å². The minimum absolute atomic E-state index is 0.190. The molecular weight excluding hydrogens is 350 g/mol. The molecule has 27 heavy (non-hydrogen) atoms. The number of carboxylic acid groups (broad SMARTS) is 1. The molecule has 7 nitrogen and oxygen atoms in total. The zero-order valence-electron chi connectivity index (χ0n) is 16.7. The van der Waals surface area contributed by atoms with E-state index in [0.29, 0.717) is 28.5 Å². The van der Waals surface area contributed by atoms with Gasteiger partial charge in [-0.15, -0.1) is 0 Å². The summed E-state index contributed by atoms with van der Waals surface area (Å²) >= 11 is 0. The molecule has 1 heterocycles. The topological polar surface area (TPSA) is 93.1 Å². The maximum Gasteiger partial charge on any atom is 0.407 e. The van der Waals surface area contributed by atoms with E-state index in [2.05, 4.69) is 0 Å². The number of ether oxygens (including phenoxy) is 2. The average Bonchev–Trinajstić information content (AvgIpc) is 3.01. The fraction of sp³-hybridized carbons (Fsp3) is 0.550. The highest BCUT2D eigenvalue weighted by molar-refractivity contribution is 5.88. The summed E-state index contributed by atoms with van der Waals surface area (Å²) in [6.07, 6.45) is -1.38. The third kappa shape index (κ3) is 4.13. The number of amides is 1. The summed E-state index contributed by atoms with van der Waals surface area (Å²) < 4.78 is 11.2. The Labute approximate surface area is 159 Å². The highest BCUT2D eigenvalue weighted by Gasteiger charge is 2.36. The van der Waals surface area contributed by atoms with E-state index in [1.165, 1.54) is 4.90 Å². The van der Waals surface area contributed by atoms with Crippen molar-refractivity contribution in [3.8, 4) is 0 Å². The molecular formula is C20H27NO6. The van der Waals surface area contributed by atoms with Crippen molar-refractivity contribution < 1.29 is 29.0 Å². The molecule has 0 bridgehead atoms. The SMILES string of the molecule is CCOC(=O)C(OC(C)(C)C)c1c(C)c2c(c(C)c1C=O)CN(C(=O)O)C2. The van der Waals surface area contributed by atoms with Gasteiger partial charge < -0.3 is 14.6 Å². The number of carbonyl (C=O) groups is 3. The maximum absolute atomic E-state index is 12.7. The molecule has 1 unspecified atom stereocenters. The quantitative estimate of drug-likeness (QED) is 0.623. The maximum atomic E-state index is 12.7. The highest BCUT2D eigenvalue weighted by Crippen LogP contribution is 2.38. The number of fused-ring (bicyclic) bond motifs is 1. The first kappa shape index (κ1) is 20.9. The fourth-order valence-corrected chi connectivity index (χ4v) is 3.47. The molecule has 1 aliphatic heterocycles. The number of nitrogens with zero attached hydrogens (tertiary/aromatic N) is 1. The number of benzene rings is 1. The Kier molecular flexibility index (Phi) is 5.94. The molecule has 0 saturated carbocycles. The molecule has 7 heteroatoms. The number of hydrogen-bond acceptors (Lipinski definition) is 5. The van der Waals surface area contributed by atoms with Gasteiger partial charge in [0.2, 0.25) is 0 Å². The molecule has 2 rings (SSSR count). The minimum atomic E-state index is -1.06. The molecule has 0 saturated heterocycles. The van der Waals surface area contributed by atoms with Gasteiger partial charge in [0, 0.05) is 24.2 Å². The van der Waals surface area contributed by atoms with Crippen molar-refractivity contribution in [3.05, 3.63) is 33.4 Å². The van der Waals surface area contributed by atoms with Crippen LogP contribution in [0.15, 0.2) is 0 Å². The Balaban J connectivity index is 2.69. The fourth-order valence-electron chi connectivity index (χ4n) is 3.47. The van der Waals surface area contributed by atoms with Gasteiger partial charge in [0.1, 0.15) is 0 Å². The third-order valence-electron chi connectivity index (χ3n) is 4.69. The Morgan fingerprint density at radius 1 is 1.19 bits per heavy atom. The molecule has 0 radical (unpaired) electrons. The van der Waals surface area contributed by atoms with Crippen LogP contribution in [-0.2, 0) is 27.4 Å². The Morgan fingerprint density at radius 2 is 1.74 bits per heavy atom. The van der Waals surface area contributed by atoms with Crippen LogP contribution < -0.4 is 0 Å². The number of aldehydes is 1. The van der Waals surface area contributed by atoms with Crippen molar-refractivity contribution in [2.24, 2.45) is 0 Å². The van der Waals surface area contributed by atoms with Crippen LogP contribution in [0.25, 0.3) is 0 Å². The van der Waals surface area contributed by atoms with Gasteiger partial charge in [0.15, 0.2) is 12.4 Å². The molecule has 1 atom stereocenters. The van der Waals surface area contributed by atoms with Crippen molar-refractivity contribution in [1.82, 2.24) is 4.90 Å². The molecule has 148 valence electrons. The molecule has 0 spiro atoms. The predicted molar refractivity (Wildman–Crippen MR) is 98.8 cm³/mol. The van der Waals surface area contributed by atoms with E-state index in [0.717, 1.165) is 11.1 Å². The normalized spacial score (nSPS) is 14.7. The number of hydrogen-bond donors (Lipinski definition) is 1. The molecule has 1 N–H and O–H groups in total. The molecule has 0 aromatic heterocycles. The van der Waals surface area contributed by atoms with Gasteiger partial charge >= 0.3 is 12.1 Å². The van der Waals surface area contributed by atoms with Crippen LogP contribution in [0.2, 0.25) is 0 Å². The summed E-state index contributed by atoms with van der Waals surface area (Å²) in [6, 6.07) is 0. The first-order valence-corrected chi connectivity index (χ1v) is 8.94. The Morgan fingerprint density at radius 3 is 2.19 bits per heavy atom. The first-order valence-electron chi connectivity index (χ1n) is 8.94. The van der Waals surface area contributed by atoms with Crippen molar-refractivity contribution in [3.63, 3.8) is 0 Å². The smallest absolute Gasteiger partial charge is 0.407 e. The predicted octanol–water partition coefficient (Wildman–Crippen LogP) is 3.53. The van der Waals surface area contributed by atoms with E-state index < -0.39 is 23.8 Å². The second-order valence-corrected chi connectivity index (χ2v) is 7.65. The van der Waals surface area contributed by atoms with Gasteiger partial charge in [-0.2, -0.15) is 0 Å². The van der Waals surface area contributed by atoms with Gasteiger partial charge in [-0.25, -0.2) is 9.59 Å². The molecule has 1 aliphatic rings. The van der Waals surface area contributed by atoms with Gasteiger partial charge in [-0.3, -0.25) is 9.69 Å². The van der Waals surface area contributed by atoms with Gasteiger partial charge in [0.05, 0.1) is 12.2 Å². The van der Waals surface area contributed by atoms with Crippen LogP contribution in [0.5, 0.6) is 0 Å². The van der Waals surface area contributed by atoms with Crippen LogP contribution in [-0.4, -0.2) is 40.6 Å². The zero-order valence-corrected chi connectivity index (χ0v) is 16.7. The van der Waals surface area contributed by atoms with E-state index in [9.17, 15) is 19.5 Å². The van der Waals surface area contributed by atoms with E-state index in [4.69, 9.17) is 9.47 Å². The van der Waals surface area contributed by atoms with Crippen LogP contribution >= 0.6 is 0 Å². The second-order valence-electron chi connectivity index (χ2n) is 7.65. The minimum Gasteiger partial charge on any atom is -0.465 e. The van der Waals surface area contributed by atoms with Crippen molar-refractivity contribution >= 4 is 18.3 Å². The summed E-state index contributed by atoms with van der Waals surface area (Å²) in [4.78, 5) is 37.3. The molecule has 1 amide bonds. The van der Waals surface area contributed by atoms with E-state index in [-0.39, 0.29) is 19.7 Å². The van der Waals surface area contributed by atoms with Crippen LogP contribution in [0.3, 0.4) is 0 Å². The van der Waals surface area contributed by atoms with Crippen LogP contribution in [0, 0.1) is 13.8 Å². The molecule has 0 aliphatic carbocycles. The average molecular weight is 377 g/mol. The van der Waals surface area contributed by atoms with E-state index >= 15 is 0 Å². The van der Waals surface area contributed by atoms with Crippen molar-refractivity contribution in [2.45, 2.75) is 66.3 Å². The lowest BCUT2D eigenvalue weighted by atomic mass is 9.86. The first-order chi connectivity index (χ1) is 12.5. The van der Waals surface area contributed by atoms with E-state index in [1.54, 1.807) is 20.8 Å². The van der Waals surface area contributed by atoms with Crippen molar-refractivity contribution in [2.75, 3.05) is 6.61 Å². The summed E-state index contributed by atoms with van der Waals surface area (Å²) in [5.74, 6) is -0.564. The highest BCUT2D eigenvalue weighted by atomic mass is 16.6. The van der Waals surface area contributed by atoms with Crippen molar-refractivity contribution in [1.29, 1.82) is 0 Å². The van der Waals surface area contributed by atoms with Crippen LogP contribution in [0.1, 0.15) is 72.0 Å². The number of esters is 1. The standard InChI is InChI=1S/C20H27NO6/c1-7-26-18(23)17(27-20(4,5)6)16-12(3)14-9-21(19(24)25)8-13(14)11(2)15(16)10-22/h10,17H,7-9H2,1-6H3,(H,24,25). The van der Waals surface area contributed by atoms with Gasteiger partial charge in [0.25, 0.3) is 0 Å². The lowest BCUT2D eigenvalue weighted by Crippen LogP contribution is -2.30. The van der Waals surface area contributed by atoms with Gasteiger partial charge in [-0.05, 0) is 63.8 Å². The third-order valence-corrected chi connectivity index (χ3v) is 4.69. The number of rotatable bonds is 5. The summed E-state index contributed by atoms with van der Waals surface area (Å²) in [6.45, 7) is 11.4. The Bertz CT molecular complexity index is 778. The largest absolute Gasteiger partial charge is 0.465 e. The van der Waals surface area contributed by atoms with Crippen LogP contribution in [0.4, 0.5) is 4.79 Å². The van der Waals surface area contributed by atoms with Gasteiger partial charge in [-0.1, -0.05) is 0 Å². The summed E-state index contributed by atoms with van der Waals surface area (Å²) in [7, 11) is 0. The number of carbonyl (C=O) groups excluding carboxylic acids is 2. The Hall–Kier alpha value is -2.41. The summed E-state index contributed by atoms with van der Waals surface area (Å²) in [5, 5.41) is 9.34. The lowest BCUT2D eigenvalue weighted by molar-refractivity contribution is -0.166. The second kappa shape index (κ2) is 7.68. The monoisotopic (exact) mass is 377 g/mol. The zero-order chi connectivity index (χ0) is 20.5. The molecule has 0 fully saturated rings.